The third-order valence-corrected chi connectivity index (χ3v) is 2.86. The number of aromatic nitrogens is 1. The molecule has 92 valence electrons. The molecule has 2 rings (SSSR count). The van der Waals surface area contributed by atoms with Gasteiger partial charge in [-0.2, -0.15) is 0 Å². The third kappa shape index (κ3) is 2.18. The number of aryl methyl sites for hydroxylation is 1. The molecule has 2 aromatic rings. The van der Waals surface area contributed by atoms with Gasteiger partial charge in [-0.1, -0.05) is 12.1 Å². The van der Waals surface area contributed by atoms with Crippen LogP contribution in [0.15, 0.2) is 42.7 Å². The highest BCUT2D eigenvalue weighted by Gasteiger charge is 2.18. The SMILES string of the molecule is Cc1cccc(N)c1C(=O)N(C)c1cccnc1. The summed E-state index contributed by atoms with van der Waals surface area (Å²) in [6, 6.07) is 9.07. The van der Waals surface area contributed by atoms with Crippen LogP contribution in [0.2, 0.25) is 0 Å². The summed E-state index contributed by atoms with van der Waals surface area (Å²) < 4.78 is 0. The van der Waals surface area contributed by atoms with Gasteiger partial charge in [-0.15, -0.1) is 0 Å². The van der Waals surface area contributed by atoms with E-state index < -0.39 is 0 Å². The number of hydrogen-bond donors (Lipinski definition) is 1. The van der Waals surface area contributed by atoms with Crippen LogP contribution >= 0.6 is 0 Å². The molecule has 4 nitrogen and oxygen atoms in total. The van der Waals surface area contributed by atoms with Crippen molar-refractivity contribution in [2.45, 2.75) is 6.92 Å². The smallest absolute Gasteiger partial charge is 0.260 e. The van der Waals surface area contributed by atoms with Crippen LogP contribution in [0.4, 0.5) is 11.4 Å². The number of carbonyl (C=O) groups excluding carboxylic acids is 1. The summed E-state index contributed by atoms with van der Waals surface area (Å²) in [6.45, 7) is 1.88. The molecule has 0 aliphatic carbocycles. The highest BCUT2D eigenvalue weighted by molar-refractivity contribution is 6.09. The molecule has 0 saturated heterocycles. The van der Waals surface area contributed by atoms with Crippen LogP contribution in [0, 0.1) is 6.92 Å². The first kappa shape index (κ1) is 12.1. The molecule has 0 bridgehead atoms. The van der Waals surface area contributed by atoms with E-state index in [2.05, 4.69) is 4.98 Å². The van der Waals surface area contributed by atoms with Gasteiger partial charge in [0.15, 0.2) is 0 Å². The van der Waals surface area contributed by atoms with Crippen LogP contribution in [0.5, 0.6) is 0 Å². The largest absolute Gasteiger partial charge is 0.398 e. The Hall–Kier alpha value is -2.36. The molecule has 1 aromatic heterocycles. The number of nitrogen functional groups attached to an aromatic ring is 1. The Balaban J connectivity index is 2.38. The summed E-state index contributed by atoms with van der Waals surface area (Å²) in [7, 11) is 1.71. The van der Waals surface area contributed by atoms with Gasteiger partial charge < -0.3 is 10.6 Å². The lowest BCUT2D eigenvalue weighted by atomic mass is 10.1. The van der Waals surface area contributed by atoms with E-state index in [0.717, 1.165) is 11.3 Å². The quantitative estimate of drug-likeness (QED) is 0.820. The van der Waals surface area contributed by atoms with Gasteiger partial charge in [-0.25, -0.2) is 0 Å². The van der Waals surface area contributed by atoms with Crippen LogP contribution < -0.4 is 10.6 Å². The Labute approximate surface area is 106 Å². The van der Waals surface area contributed by atoms with Crippen molar-refractivity contribution in [2.24, 2.45) is 0 Å². The van der Waals surface area contributed by atoms with Gasteiger partial charge >= 0.3 is 0 Å². The van der Waals surface area contributed by atoms with Crippen molar-refractivity contribution in [1.82, 2.24) is 4.98 Å². The van der Waals surface area contributed by atoms with Crippen LogP contribution in [0.3, 0.4) is 0 Å². The Morgan fingerprint density at radius 1 is 1.28 bits per heavy atom. The monoisotopic (exact) mass is 241 g/mol. The lowest BCUT2D eigenvalue weighted by Crippen LogP contribution is -2.27. The van der Waals surface area contributed by atoms with Crippen LogP contribution in [-0.4, -0.2) is 17.9 Å². The maximum atomic E-state index is 12.4. The van der Waals surface area contributed by atoms with Gasteiger partial charge in [-0.3, -0.25) is 9.78 Å². The fourth-order valence-corrected chi connectivity index (χ4v) is 1.82. The molecule has 0 fully saturated rings. The van der Waals surface area contributed by atoms with E-state index in [1.807, 2.05) is 25.1 Å². The zero-order chi connectivity index (χ0) is 13.1. The van der Waals surface area contributed by atoms with Gasteiger partial charge in [0.25, 0.3) is 5.91 Å². The first-order chi connectivity index (χ1) is 8.61. The topological polar surface area (TPSA) is 59.2 Å². The molecule has 0 atom stereocenters. The van der Waals surface area contributed by atoms with E-state index in [1.54, 1.807) is 36.5 Å². The highest BCUT2D eigenvalue weighted by atomic mass is 16.2. The predicted octanol–water partition coefficient (Wildman–Crippen LogP) is 2.25. The molecule has 4 heteroatoms. The van der Waals surface area contributed by atoms with E-state index in [9.17, 15) is 4.79 Å². The second-order valence-corrected chi connectivity index (χ2v) is 4.11. The maximum absolute atomic E-state index is 12.4. The molecular formula is C14H15N3O. The van der Waals surface area contributed by atoms with Crippen molar-refractivity contribution in [2.75, 3.05) is 17.7 Å². The zero-order valence-corrected chi connectivity index (χ0v) is 10.4. The molecule has 0 aliphatic rings. The lowest BCUT2D eigenvalue weighted by molar-refractivity contribution is 0.0993. The normalized spacial score (nSPS) is 10.1. The molecule has 1 amide bonds. The minimum atomic E-state index is -0.126. The minimum absolute atomic E-state index is 0.126. The standard InChI is InChI=1S/C14H15N3O/c1-10-5-3-7-12(15)13(10)14(18)17(2)11-6-4-8-16-9-11/h3-9H,15H2,1-2H3. The highest BCUT2D eigenvalue weighted by Crippen LogP contribution is 2.21. The Kier molecular flexibility index (Phi) is 3.28. The van der Waals surface area contributed by atoms with Crippen molar-refractivity contribution < 1.29 is 4.79 Å². The van der Waals surface area contributed by atoms with Crippen molar-refractivity contribution in [3.63, 3.8) is 0 Å². The van der Waals surface area contributed by atoms with Crippen LogP contribution in [0.25, 0.3) is 0 Å². The lowest BCUT2D eigenvalue weighted by Gasteiger charge is -2.19. The van der Waals surface area contributed by atoms with Crippen molar-refractivity contribution in [3.05, 3.63) is 53.9 Å². The second kappa shape index (κ2) is 4.87. The molecule has 1 aromatic carbocycles. The van der Waals surface area contributed by atoms with E-state index in [4.69, 9.17) is 5.73 Å². The summed E-state index contributed by atoms with van der Waals surface area (Å²) in [5, 5.41) is 0. The predicted molar refractivity (Wildman–Crippen MR) is 72.6 cm³/mol. The molecule has 0 spiro atoms. The second-order valence-electron chi connectivity index (χ2n) is 4.11. The number of anilines is 2. The Morgan fingerprint density at radius 2 is 2.06 bits per heavy atom. The molecule has 0 saturated carbocycles. The van der Waals surface area contributed by atoms with E-state index in [0.29, 0.717) is 11.3 Å². The van der Waals surface area contributed by atoms with Gasteiger partial charge in [0.2, 0.25) is 0 Å². The minimum Gasteiger partial charge on any atom is -0.398 e. The number of nitrogens with two attached hydrogens (primary N) is 1. The molecule has 18 heavy (non-hydrogen) atoms. The number of hydrogen-bond acceptors (Lipinski definition) is 3. The number of rotatable bonds is 2. The van der Waals surface area contributed by atoms with Crippen molar-refractivity contribution in [3.8, 4) is 0 Å². The summed E-state index contributed by atoms with van der Waals surface area (Å²) in [6.07, 6.45) is 3.32. The maximum Gasteiger partial charge on any atom is 0.260 e. The van der Waals surface area contributed by atoms with Crippen molar-refractivity contribution >= 4 is 17.3 Å². The fraction of sp³-hybridized carbons (Fsp3) is 0.143. The average molecular weight is 241 g/mol. The molecular weight excluding hydrogens is 226 g/mol. The molecule has 2 N–H and O–H groups in total. The summed E-state index contributed by atoms with van der Waals surface area (Å²) >= 11 is 0. The molecule has 0 radical (unpaired) electrons. The third-order valence-electron chi connectivity index (χ3n) is 2.86. The van der Waals surface area contributed by atoms with Gasteiger partial charge in [0.05, 0.1) is 17.4 Å². The first-order valence-corrected chi connectivity index (χ1v) is 5.64. The molecule has 0 unspecified atom stereocenters. The van der Waals surface area contributed by atoms with E-state index >= 15 is 0 Å². The van der Waals surface area contributed by atoms with E-state index in [1.165, 1.54) is 0 Å². The first-order valence-electron chi connectivity index (χ1n) is 5.64. The summed E-state index contributed by atoms with van der Waals surface area (Å²) in [5.41, 5.74) is 8.53. The van der Waals surface area contributed by atoms with Crippen LogP contribution in [0.1, 0.15) is 15.9 Å². The zero-order valence-electron chi connectivity index (χ0n) is 10.4. The van der Waals surface area contributed by atoms with Crippen LogP contribution in [-0.2, 0) is 0 Å². The summed E-state index contributed by atoms with van der Waals surface area (Å²) in [5.74, 6) is -0.126. The number of pyridine rings is 1. The number of amides is 1. The van der Waals surface area contributed by atoms with Gasteiger partial charge in [0, 0.05) is 18.9 Å². The van der Waals surface area contributed by atoms with Gasteiger partial charge in [-0.05, 0) is 30.7 Å². The number of benzene rings is 1. The fourth-order valence-electron chi connectivity index (χ4n) is 1.82. The number of carbonyl (C=O) groups is 1. The van der Waals surface area contributed by atoms with Gasteiger partial charge in [0.1, 0.15) is 0 Å². The molecule has 0 aliphatic heterocycles. The van der Waals surface area contributed by atoms with E-state index in [-0.39, 0.29) is 5.91 Å². The summed E-state index contributed by atoms with van der Waals surface area (Å²) in [4.78, 5) is 18.0. The molecule has 1 heterocycles. The number of nitrogens with zero attached hydrogens (tertiary/aromatic N) is 2. The Bertz CT molecular complexity index is 546. The van der Waals surface area contributed by atoms with Crippen molar-refractivity contribution in [1.29, 1.82) is 0 Å². The Morgan fingerprint density at radius 3 is 2.67 bits per heavy atom. The average Bonchev–Trinajstić information content (AvgIpc) is 2.38.